The molecule has 0 aliphatic rings. The number of carbonyl (C=O) groups is 2. The van der Waals surface area contributed by atoms with E-state index in [-0.39, 0.29) is 31.5 Å². The molecule has 0 aromatic carbocycles. The molecule has 478 valence electrons. The molecule has 2 N–H and O–H groups in total. The number of quaternary nitrogens is 1. The van der Waals surface area contributed by atoms with Crippen LogP contribution in [0.15, 0.2) is 109 Å². The number of rotatable bonds is 61. The van der Waals surface area contributed by atoms with E-state index in [0.717, 1.165) is 70.6 Å². The van der Waals surface area contributed by atoms with Crippen LogP contribution in [-0.2, 0) is 27.9 Å². The highest BCUT2D eigenvalue weighted by molar-refractivity contribution is 7.47. The summed E-state index contributed by atoms with van der Waals surface area (Å²) in [6, 6.07) is -0.873. The van der Waals surface area contributed by atoms with Gasteiger partial charge in [-0.3, -0.25) is 18.6 Å². The van der Waals surface area contributed by atoms with Gasteiger partial charge in [0, 0.05) is 12.8 Å². The maximum atomic E-state index is 13.6. The van der Waals surface area contributed by atoms with Crippen molar-refractivity contribution in [2.75, 3.05) is 40.9 Å². The Bertz CT molecular complexity index is 1790. The third-order valence-corrected chi connectivity index (χ3v) is 15.8. The van der Waals surface area contributed by atoms with Crippen LogP contribution in [0.4, 0.5) is 0 Å². The number of nitrogens with zero attached hydrogens (tertiary/aromatic N) is 1. The first-order valence-electron chi connectivity index (χ1n) is 34.3. The topological polar surface area (TPSA) is 111 Å². The predicted molar refractivity (Wildman–Crippen MR) is 360 cm³/mol. The highest BCUT2D eigenvalue weighted by Crippen LogP contribution is 2.43. The van der Waals surface area contributed by atoms with Crippen LogP contribution in [-0.4, -0.2) is 74.3 Å². The lowest BCUT2D eigenvalue weighted by Gasteiger charge is -2.27. The highest BCUT2D eigenvalue weighted by atomic mass is 31.2. The Hall–Kier alpha value is -3.33. The lowest BCUT2D eigenvalue weighted by molar-refractivity contribution is -0.870. The number of amides is 1. The smallest absolute Gasteiger partial charge is 0.456 e. The molecule has 1 amide bonds. The van der Waals surface area contributed by atoms with Crippen molar-refractivity contribution in [3.63, 3.8) is 0 Å². The van der Waals surface area contributed by atoms with E-state index in [2.05, 4.69) is 62.5 Å². The fourth-order valence-electron chi connectivity index (χ4n) is 9.59. The zero-order chi connectivity index (χ0) is 60.7. The highest BCUT2D eigenvalue weighted by Gasteiger charge is 2.30. The van der Waals surface area contributed by atoms with Gasteiger partial charge in [0.05, 0.1) is 33.8 Å². The molecule has 0 saturated carbocycles. The van der Waals surface area contributed by atoms with Crippen molar-refractivity contribution in [3.05, 3.63) is 109 Å². The molecule has 0 fully saturated rings. The number of hydrogen-bond acceptors (Lipinski definition) is 6. The Labute approximate surface area is 512 Å². The minimum absolute atomic E-state index is 0.0284. The van der Waals surface area contributed by atoms with Crippen molar-refractivity contribution in [1.82, 2.24) is 5.32 Å². The Balaban J connectivity index is 5.13. The summed E-state index contributed by atoms with van der Waals surface area (Å²) in [5.41, 5.74) is 0. The average Bonchev–Trinajstić information content (AvgIpc) is 3.47. The van der Waals surface area contributed by atoms with Crippen LogP contribution in [0.3, 0.4) is 0 Å². The van der Waals surface area contributed by atoms with Gasteiger partial charge in [-0.1, -0.05) is 304 Å². The molecule has 10 heteroatoms. The lowest BCUT2D eigenvalue weighted by Crippen LogP contribution is -2.47. The van der Waals surface area contributed by atoms with E-state index in [4.69, 9.17) is 13.8 Å². The van der Waals surface area contributed by atoms with E-state index in [1.54, 1.807) is 0 Å². The van der Waals surface area contributed by atoms with E-state index in [1.807, 2.05) is 94.1 Å². The first-order valence-corrected chi connectivity index (χ1v) is 35.8. The summed E-state index contributed by atoms with van der Waals surface area (Å²) in [5.74, 6) is -0.554. The number of allylic oxidation sites excluding steroid dienone is 17. The molecule has 0 heterocycles. The van der Waals surface area contributed by atoms with Crippen LogP contribution >= 0.6 is 7.82 Å². The van der Waals surface area contributed by atoms with Crippen LogP contribution in [0.25, 0.3) is 0 Å². The number of phosphoric acid groups is 1. The van der Waals surface area contributed by atoms with Gasteiger partial charge in [0.2, 0.25) is 5.91 Å². The predicted octanol–water partition coefficient (Wildman–Crippen LogP) is 21.7. The van der Waals surface area contributed by atoms with Crippen molar-refractivity contribution < 1.29 is 37.3 Å². The molecular weight excluding hydrogens is 1050 g/mol. The first-order chi connectivity index (χ1) is 40.4. The van der Waals surface area contributed by atoms with Gasteiger partial charge in [-0.2, -0.15) is 0 Å². The summed E-state index contributed by atoms with van der Waals surface area (Å²) < 4.78 is 30.7. The second-order valence-electron chi connectivity index (χ2n) is 24.1. The van der Waals surface area contributed by atoms with Crippen molar-refractivity contribution in [1.29, 1.82) is 0 Å². The van der Waals surface area contributed by atoms with Crippen LogP contribution in [0.2, 0.25) is 0 Å². The zero-order valence-corrected chi connectivity index (χ0v) is 55.6. The van der Waals surface area contributed by atoms with Crippen molar-refractivity contribution in [3.8, 4) is 0 Å². The van der Waals surface area contributed by atoms with E-state index >= 15 is 0 Å². The molecule has 0 saturated heterocycles. The van der Waals surface area contributed by atoms with Gasteiger partial charge in [-0.15, -0.1) is 0 Å². The molecule has 83 heavy (non-hydrogen) atoms. The molecule has 0 aliphatic heterocycles. The molecule has 3 atom stereocenters. The Morgan fingerprint density at radius 3 is 1.29 bits per heavy atom. The third kappa shape index (κ3) is 63.0. The van der Waals surface area contributed by atoms with Gasteiger partial charge in [0.25, 0.3) is 0 Å². The number of esters is 1. The van der Waals surface area contributed by atoms with Gasteiger partial charge in [-0.05, 0) is 83.1 Å². The number of likely N-dealkylation sites (N-methyl/N-ethyl adjacent to an activating group) is 1. The van der Waals surface area contributed by atoms with Crippen molar-refractivity contribution in [2.24, 2.45) is 0 Å². The molecule has 9 nitrogen and oxygen atoms in total. The van der Waals surface area contributed by atoms with Gasteiger partial charge in [-0.25, -0.2) is 4.57 Å². The molecule has 0 rings (SSSR count). The molecule has 0 spiro atoms. The summed E-state index contributed by atoms with van der Waals surface area (Å²) in [6.07, 6.45) is 85.3. The summed E-state index contributed by atoms with van der Waals surface area (Å²) in [5, 5.41) is 3.06. The summed E-state index contributed by atoms with van der Waals surface area (Å²) in [4.78, 5) is 37.8. The van der Waals surface area contributed by atoms with E-state index in [9.17, 15) is 19.0 Å². The fourth-order valence-corrected chi connectivity index (χ4v) is 10.3. The van der Waals surface area contributed by atoms with Gasteiger partial charge >= 0.3 is 13.8 Å². The fraction of sp³-hybridized carbons (Fsp3) is 0.726. The zero-order valence-electron chi connectivity index (χ0n) is 54.7. The van der Waals surface area contributed by atoms with Gasteiger partial charge in [0.1, 0.15) is 19.3 Å². The number of phosphoric ester groups is 1. The maximum absolute atomic E-state index is 13.6. The van der Waals surface area contributed by atoms with E-state index in [1.165, 1.54) is 180 Å². The number of ether oxygens (including phenoxy) is 1. The normalized spacial score (nSPS) is 14.3. The van der Waals surface area contributed by atoms with Crippen molar-refractivity contribution in [2.45, 2.75) is 303 Å². The first kappa shape index (κ1) is 79.7. The summed E-state index contributed by atoms with van der Waals surface area (Å²) >= 11 is 0. The molecule has 0 aromatic rings. The molecule has 0 bridgehead atoms. The van der Waals surface area contributed by atoms with Crippen LogP contribution in [0, 0.1) is 0 Å². The summed E-state index contributed by atoms with van der Waals surface area (Å²) in [6.45, 7) is 6.83. The average molecular weight is 1180 g/mol. The third-order valence-electron chi connectivity index (χ3n) is 14.9. The van der Waals surface area contributed by atoms with E-state index < -0.39 is 20.0 Å². The van der Waals surface area contributed by atoms with E-state index in [0.29, 0.717) is 23.9 Å². The quantitative estimate of drug-likeness (QED) is 0.0156. The monoisotopic (exact) mass is 1180 g/mol. The number of hydrogen-bond donors (Lipinski definition) is 2. The van der Waals surface area contributed by atoms with Crippen LogP contribution in [0.5, 0.6) is 0 Å². The number of nitrogens with one attached hydrogen (secondary N) is 1. The standard InChI is InChI=1S/C73H129N2O7P/c1-7-10-13-16-19-22-25-28-30-32-33-34-35-36-37-38-39-40-41-43-44-47-50-53-56-59-62-65-72(76)74-70(69-81-83(78,79)80-68-67-75(4,5)6)71(64-61-58-55-52-49-46-27-24-21-18-15-12-9-3)82-73(77)66-63-60-57-54-51-48-45-42-31-29-26-23-20-17-14-11-8-2/h11,14,17,19-20,22-23,26,28-31,42,45,48,51,61,64,70-71H,7-10,12-13,15-16,18,21,24-25,27,32-41,43-44,46-47,49-50,52-60,62-63,65-69H2,1-6H3,(H-,74,76,78,79)/p+1/b14-11-,20-17+,22-19-,26-23+,30-28-,31-29-,45-42+,51-48+,64-61-. The molecule has 0 aromatic heterocycles. The molecule has 0 aliphatic carbocycles. The Kier molecular flexibility index (Phi) is 59.3. The molecule has 3 unspecified atom stereocenters. The SMILES string of the molecule is CC\C=C/C=C/C=C/C=C\C=C\C=C\CCCCCC(=O)OC(/C=C\CCCCCCCCCCCCC)C(COP(=O)(O)OCC[N+](C)(C)C)NC(=O)CCCCCCCCCCCCCCCCCCC/C=C\C/C=C\CCCCC. The largest absolute Gasteiger partial charge is 0.472 e. The maximum Gasteiger partial charge on any atom is 0.472 e. The van der Waals surface area contributed by atoms with Crippen molar-refractivity contribution >= 4 is 19.7 Å². The van der Waals surface area contributed by atoms with Crippen LogP contribution in [0.1, 0.15) is 290 Å². The van der Waals surface area contributed by atoms with Gasteiger partial charge < -0.3 is 19.4 Å². The summed E-state index contributed by atoms with van der Waals surface area (Å²) in [7, 11) is 1.46. The Morgan fingerprint density at radius 2 is 0.819 bits per heavy atom. The second kappa shape index (κ2) is 61.7. The number of unbranched alkanes of at least 4 members (excludes halogenated alkanes) is 34. The van der Waals surface area contributed by atoms with Crippen LogP contribution < -0.4 is 5.32 Å². The minimum Gasteiger partial charge on any atom is -0.456 e. The lowest BCUT2D eigenvalue weighted by atomic mass is 10.0. The van der Waals surface area contributed by atoms with Gasteiger partial charge in [0.15, 0.2) is 0 Å². The molecule has 0 radical (unpaired) electrons. The second-order valence-corrected chi connectivity index (χ2v) is 25.6. The molecular formula is C73H130N2O7P+. The Morgan fingerprint density at radius 1 is 0.446 bits per heavy atom. The number of carbonyl (C=O) groups excluding carboxylic acids is 2. The minimum atomic E-state index is -4.47.